The molecule has 0 aliphatic heterocycles. The first kappa shape index (κ1) is 24.2. The predicted octanol–water partition coefficient (Wildman–Crippen LogP) is 3.75. The molecule has 4 rings (SSSR count). The van der Waals surface area contributed by atoms with Crippen LogP contribution in [0.2, 0.25) is 0 Å². The molecule has 0 aliphatic rings. The van der Waals surface area contributed by atoms with Gasteiger partial charge in [0.1, 0.15) is 17.1 Å². The second-order valence-corrected chi connectivity index (χ2v) is 8.82. The van der Waals surface area contributed by atoms with Crippen molar-refractivity contribution in [2.24, 2.45) is 7.05 Å². The van der Waals surface area contributed by atoms with E-state index in [1.807, 2.05) is 0 Å². The quantitative estimate of drug-likeness (QED) is 0.402. The molecule has 1 atom stereocenters. The van der Waals surface area contributed by atoms with Crippen molar-refractivity contribution in [2.75, 3.05) is 0 Å². The van der Waals surface area contributed by atoms with Gasteiger partial charge in [-0.15, -0.1) is 17.3 Å². The van der Waals surface area contributed by atoms with Crippen LogP contribution in [-0.4, -0.2) is 30.7 Å². The number of aromatic nitrogens is 3. The van der Waals surface area contributed by atoms with Crippen LogP contribution in [0.15, 0.2) is 45.3 Å². The monoisotopic (exact) mass is 521 g/mol. The highest BCUT2D eigenvalue weighted by molar-refractivity contribution is 7.16. The van der Waals surface area contributed by atoms with Crippen molar-refractivity contribution in [3.63, 3.8) is 0 Å². The lowest BCUT2D eigenvalue weighted by atomic mass is 10.1. The number of carboxylic acid groups (broad SMARTS) is 1. The van der Waals surface area contributed by atoms with Crippen LogP contribution in [-0.2, 0) is 18.0 Å². The zero-order valence-corrected chi connectivity index (χ0v) is 19.5. The summed E-state index contributed by atoms with van der Waals surface area (Å²) in [4.78, 5) is 37.1. The zero-order chi connectivity index (χ0) is 25.5. The Bertz CT molecular complexity index is 1640. The van der Waals surface area contributed by atoms with E-state index in [9.17, 15) is 32.7 Å². The van der Waals surface area contributed by atoms with Gasteiger partial charge in [-0.2, -0.15) is 17.5 Å². The Labute approximate surface area is 202 Å². The molecule has 0 spiro atoms. The summed E-state index contributed by atoms with van der Waals surface area (Å²) in [5, 5.41) is 11.5. The molecule has 4 aromatic rings. The summed E-state index contributed by atoms with van der Waals surface area (Å²) in [5.41, 5.74) is -3.19. The van der Waals surface area contributed by atoms with Crippen molar-refractivity contribution in [1.29, 1.82) is 0 Å². The Hall–Kier alpha value is -3.89. The molecule has 180 valence electrons. The second kappa shape index (κ2) is 9.05. The summed E-state index contributed by atoms with van der Waals surface area (Å²) in [6, 6.07) is 6.42. The van der Waals surface area contributed by atoms with Gasteiger partial charge in [0.25, 0.3) is 11.7 Å². The van der Waals surface area contributed by atoms with E-state index in [1.165, 1.54) is 30.4 Å². The highest BCUT2D eigenvalue weighted by Gasteiger charge is 2.35. The minimum absolute atomic E-state index is 0.0533. The first-order valence-corrected chi connectivity index (χ1v) is 11.4. The fraction of sp³-hybridized carbons (Fsp3) is 0.182. The Morgan fingerprint density at radius 2 is 1.97 bits per heavy atom. The molecule has 1 unspecified atom stereocenters. The third-order valence-corrected chi connectivity index (χ3v) is 6.64. The van der Waals surface area contributed by atoms with Gasteiger partial charge >= 0.3 is 17.8 Å². The van der Waals surface area contributed by atoms with E-state index >= 15 is 0 Å². The van der Waals surface area contributed by atoms with E-state index in [0.717, 1.165) is 18.6 Å². The van der Waals surface area contributed by atoms with Crippen molar-refractivity contribution in [3.8, 4) is 33.8 Å². The Morgan fingerprint density at radius 1 is 1.23 bits per heavy atom. The lowest BCUT2D eigenvalue weighted by Crippen LogP contribution is -2.40. The molecule has 35 heavy (non-hydrogen) atoms. The highest BCUT2D eigenvalue weighted by atomic mass is 32.1. The number of hydrogen-bond donors (Lipinski definition) is 1. The lowest BCUT2D eigenvalue weighted by Gasteiger charge is -2.14. The van der Waals surface area contributed by atoms with Gasteiger partial charge in [-0.1, -0.05) is 0 Å². The summed E-state index contributed by atoms with van der Waals surface area (Å²) < 4.78 is 51.2. The third-order valence-electron chi connectivity index (χ3n) is 4.91. The number of carbonyl (C=O) groups is 1. The van der Waals surface area contributed by atoms with E-state index in [1.54, 1.807) is 17.5 Å². The number of halogens is 3. The van der Waals surface area contributed by atoms with E-state index in [4.69, 9.17) is 4.74 Å². The number of alkyl halides is 3. The van der Waals surface area contributed by atoms with E-state index in [2.05, 4.69) is 16.2 Å². The molecule has 8 nitrogen and oxygen atoms in total. The van der Waals surface area contributed by atoms with Crippen LogP contribution >= 0.6 is 22.9 Å². The van der Waals surface area contributed by atoms with Crippen molar-refractivity contribution in [1.82, 2.24) is 13.5 Å². The van der Waals surface area contributed by atoms with E-state index < -0.39 is 35.2 Å². The van der Waals surface area contributed by atoms with E-state index in [-0.39, 0.29) is 11.4 Å². The van der Waals surface area contributed by atoms with Gasteiger partial charge in [0.15, 0.2) is 0 Å². The number of aliphatic carboxylic acids is 1. The van der Waals surface area contributed by atoms with Crippen LogP contribution in [0.25, 0.3) is 26.3 Å². The number of thiophene rings is 1. The van der Waals surface area contributed by atoms with Crippen molar-refractivity contribution in [2.45, 2.75) is 19.2 Å². The predicted molar refractivity (Wildman–Crippen MR) is 124 cm³/mol. The number of rotatable bonds is 5. The molecule has 0 aliphatic carbocycles. The summed E-state index contributed by atoms with van der Waals surface area (Å²) in [5.74, 6) is 3.92. The summed E-state index contributed by atoms with van der Waals surface area (Å²) in [6.07, 6.45) is -6.27. The second-order valence-electron chi connectivity index (χ2n) is 7.10. The fourth-order valence-electron chi connectivity index (χ4n) is 3.33. The summed E-state index contributed by atoms with van der Waals surface area (Å²) >= 11 is 2.34. The van der Waals surface area contributed by atoms with Crippen molar-refractivity contribution >= 4 is 38.9 Å². The Kier molecular flexibility index (Phi) is 6.27. The Morgan fingerprint density at radius 3 is 2.63 bits per heavy atom. The zero-order valence-electron chi connectivity index (χ0n) is 17.9. The van der Waals surface area contributed by atoms with Crippen LogP contribution in [0.1, 0.15) is 12.6 Å². The van der Waals surface area contributed by atoms with Gasteiger partial charge in [-0.3, -0.25) is 9.36 Å². The van der Waals surface area contributed by atoms with Gasteiger partial charge in [0, 0.05) is 18.5 Å². The molecule has 0 amide bonds. The number of nitrogens with zero attached hydrogens (tertiary/aromatic N) is 3. The number of hydrogen-bond acceptors (Lipinski definition) is 7. The van der Waals surface area contributed by atoms with Gasteiger partial charge in [-0.05, 0) is 54.0 Å². The van der Waals surface area contributed by atoms with Crippen LogP contribution < -0.4 is 16.0 Å². The molecule has 3 heterocycles. The maximum Gasteiger partial charge on any atom is 0.431 e. The third kappa shape index (κ3) is 4.45. The molecule has 13 heteroatoms. The van der Waals surface area contributed by atoms with Crippen LogP contribution in [0.4, 0.5) is 13.2 Å². The number of fused-ring (bicyclic) bond motifs is 1. The SMILES string of the molecule is CC#CC(Oc1ccsc1-c1nsc2ccc(-n3c(=O)cc(C(F)(F)F)n(C)c3=O)cc12)C(=O)O. The van der Waals surface area contributed by atoms with Gasteiger partial charge < -0.3 is 9.84 Å². The highest BCUT2D eigenvalue weighted by Crippen LogP contribution is 2.41. The normalized spacial score (nSPS) is 12.3. The van der Waals surface area contributed by atoms with E-state index in [0.29, 0.717) is 35.9 Å². The molecular weight excluding hydrogens is 507 g/mol. The average molecular weight is 521 g/mol. The first-order chi connectivity index (χ1) is 16.5. The molecular formula is C22H14F3N3O5S2. The van der Waals surface area contributed by atoms with Gasteiger partial charge in [0.2, 0.25) is 0 Å². The number of carboxylic acids is 1. The number of benzene rings is 1. The fourth-order valence-corrected chi connectivity index (χ4v) is 4.97. The minimum atomic E-state index is -4.87. The van der Waals surface area contributed by atoms with Crippen molar-refractivity contribution in [3.05, 3.63) is 62.2 Å². The minimum Gasteiger partial charge on any atom is -0.478 e. The molecule has 0 fully saturated rings. The summed E-state index contributed by atoms with van der Waals surface area (Å²) in [7, 11) is 0.935. The molecule has 1 N–H and O–H groups in total. The molecule has 3 aromatic heterocycles. The molecule has 0 radical (unpaired) electrons. The molecule has 1 aromatic carbocycles. The Balaban J connectivity index is 1.85. The molecule has 0 saturated carbocycles. The largest absolute Gasteiger partial charge is 0.478 e. The summed E-state index contributed by atoms with van der Waals surface area (Å²) in [6.45, 7) is 1.48. The first-order valence-electron chi connectivity index (χ1n) is 9.72. The van der Waals surface area contributed by atoms with Crippen molar-refractivity contribution < 1.29 is 27.8 Å². The topological polar surface area (TPSA) is 103 Å². The van der Waals surface area contributed by atoms with Gasteiger partial charge in [-0.25, -0.2) is 14.2 Å². The van der Waals surface area contributed by atoms with Crippen LogP contribution in [0.5, 0.6) is 5.75 Å². The lowest BCUT2D eigenvalue weighted by molar-refractivity contribution is -0.144. The van der Waals surface area contributed by atoms with Gasteiger partial charge in [0.05, 0.1) is 15.3 Å². The molecule has 0 saturated heterocycles. The number of ether oxygens (including phenoxy) is 1. The van der Waals surface area contributed by atoms with Crippen LogP contribution in [0.3, 0.4) is 0 Å². The maximum absolute atomic E-state index is 13.2. The standard InChI is InChI=1S/C22H14F3N3O5S2/c1-3-4-14(20(30)31)33-13-7-8-34-19(13)18-12-9-11(5-6-15(12)35-26-18)28-17(29)10-16(22(23,24)25)27(2)21(28)32/h5-10,14H,1-2H3,(H,30,31). The van der Waals surface area contributed by atoms with Crippen LogP contribution in [0, 0.1) is 11.8 Å². The maximum atomic E-state index is 13.2. The average Bonchev–Trinajstić information content (AvgIpc) is 3.41. The molecule has 0 bridgehead atoms. The smallest absolute Gasteiger partial charge is 0.431 e.